The molecule has 0 aromatic heterocycles. The lowest BCUT2D eigenvalue weighted by Gasteiger charge is -2.35. The van der Waals surface area contributed by atoms with E-state index in [1.807, 2.05) is 24.3 Å². The summed E-state index contributed by atoms with van der Waals surface area (Å²) in [6.07, 6.45) is 5.18. The van der Waals surface area contributed by atoms with Gasteiger partial charge in [-0.2, -0.15) is 15.5 Å². The van der Waals surface area contributed by atoms with E-state index in [2.05, 4.69) is 86.7 Å². The third-order valence-corrected chi connectivity index (χ3v) is 13.0. The molecular weight excluding hydrogens is 974 g/mol. The van der Waals surface area contributed by atoms with Crippen LogP contribution < -0.4 is 30.3 Å². The number of hydrogen-bond acceptors (Lipinski definition) is 18. The lowest BCUT2D eigenvalue weighted by atomic mass is 10.2. The lowest BCUT2D eigenvalue weighted by molar-refractivity contribution is -0.384. The number of nitro benzene ring substituents is 1. The summed E-state index contributed by atoms with van der Waals surface area (Å²) in [4.78, 5) is 49.5. The van der Waals surface area contributed by atoms with Crippen LogP contribution in [0.2, 0.25) is 0 Å². The van der Waals surface area contributed by atoms with Gasteiger partial charge in [0.1, 0.15) is 22.9 Å². The molecule has 0 radical (unpaired) electrons. The van der Waals surface area contributed by atoms with Crippen LogP contribution in [-0.4, -0.2) is 126 Å². The van der Waals surface area contributed by atoms with Crippen molar-refractivity contribution < 1.29 is 47.3 Å². The molecule has 23 heteroatoms. The van der Waals surface area contributed by atoms with Crippen LogP contribution >= 0.6 is 8.53 Å². The molecular formula is C51H76N11O11P. The van der Waals surface area contributed by atoms with E-state index in [4.69, 9.17) is 33.3 Å². The van der Waals surface area contributed by atoms with Crippen molar-refractivity contribution in [3.63, 3.8) is 0 Å². The van der Waals surface area contributed by atoms with Gasteiger partial charge in [-0.25, -0.2) is 4.67 Å². The molecule has 0 aliphatic heterocycles. The third-order valence-electron chi connectivity index (χ3n) is 10.9. The number of unbranched alkanes of at least 4 members (excludes halogenated alkanes) is 3. The molecule has 0 aliphatic carbocycles. The summed E-state index contributed by atoms with van der Waals surface area (Å²) in [5.41, 5.74) is 2.76. The molecule has 0 bridgehead atoms. The molecule has 0 aliphatic rings. The van der Waals surface area contributed by atoms with Crippen LogP contribution in [0.3, 0.4) is 0 Å². The summed E-state index contributed by atoms with van der Waals surface area (Å²) in [6.45, 7) is 15.4. The topological polar surface area (TPSA) is 266 Å². The molecule has 406 valence electrons. The van der Waals surface area contributed by atoms with E-state index in [1.165, 1.54) is 38.5 Å². The Bertz CT molecular complexity index is 2220. The second kappa shape index (κ2) is 36.7. The predicted molar refractivity (Wildman–Crippen MR) is 284 cm³/mol. The second-order valence-electron chi connectivity index (χ2n) is 17.1. The fourth-order valence-corrected chi connectivity index (χ4v) is 8.75. The Labute approximate surface area is 437 Å². The van der Waals surface area contributed by atoms with Crippen LogP contribution in [0.4, 0.5) is 34.1 Å². The number of rotatable bonds is 39. The molecule has 22 nitrogen and oxygen atoms in total. The smallest absolute Gasteiger partial charge is 0.269 e. The van der Waals surface area contributed by atoms with Crippen molar-refractivity contribution in [2.45, 2.75) is 104 Å². The Balaban J connectivity index is 1.20. The number of ether oxygens (including phenoxy) is 4. The molecule has 74 heavy (non-hydrogen) atoms. The molecule has 3 aromatic rings. The lowest BCUT2D eigenvalue weighted by Crippen LogP contribution is -2.33. The number of nitrogens with zero attached hydrogens (tertiary/aromatic N) is 8. The van der Waals surface area contributed by atoms with Gasteiger partial charge in [-0.15, -0.1) is 10.2 Å². The molecule has 0 saturated carbocycles. The molecule has 3 N–H and O–H groups in total. The number of benzene rings is 3. The van der Waals surface area contributed by atoms with Crippen molar-refractivity contribution in [1.82, 2.24) is 20.6 Å². The first kappa shape index (κ1) is 62.1. The van der Waals surface area contributed by atoms with Crippen LogP contribution in [-0.2, 0) is 32.9 Å². The molecule has 1 atom stereocenters. The Morgan fingerprint density at radius 2 is 1.16 bits per heavy atom. The number of nitrogens with one attached hydrogen (secondary N) is 3. The summed E-state index contributed by atoms with van der Waals surface area (Å²) in [5, 5.41) is 45.5. The first-order valence-electron chi connectivity index (χ1n) is 25.2. The van der Waals surface area contributed by atoms with Crippen LogP contribution in [0.15, 0.2) is 81.1 Å². The van der Waals surface area contributed by atoms with E-state index in [0.717, 1.165) is 37.9 Å². The van der Waals surface area contributed by atoms with Gasteiger partial charge in [0.15, 0.2) is 0 Å². The van der Waals surface area contributed by atoms with Gasteiger partial charge in [0.25, 0.3) is 14.2 Å². The number of hydrogen-bond donors (Lipinski definition) is 3. The van der Waals surface area contributed by atoms with E-state index in [0.29, 0.717) is 119 Å². The Morgan fingerprint density at radius 3 is 1.66 bits per heavy atom. The van der Waals surface area contributed by atoms with Gasteiger partial charge in [-0.05, 0) is 90.3 Å². The summed E-state index contributed by atoms with van der Waals surface area (Å²) < 4.78 is 36.4. The van der Waals surface area contributed by atoms with Gasteiger partial charge in [-0.3, -0.25) is 24.5 Å². The summed E-state index contributed by atoms with van der Waals surface area (Å²) in [7, 11) is 1.76. The highest BCUT2D eigenvalue weighted by atomic mass is 31.2. The van der Waals surface area contributed by atoms with E-state index >= 15 is 0 Å². The van der Waals surface area contributed by atoms with E-state index in [-0.39, 0.29) is 48.3 Å². The molecule has 0 saturated heterocycles. The van der Waals surface area contributed by atoms with Gasteiger partial charge in [0.2, 0.25) is 17.7 Å². The number of anilines is 1. The zero-order valence-corrected chi connectivity index (χ0v) is 45.0. The highest BCUT2D eigenvalue weighted by molar-refractivity contribution is 7.44. The molecule has 0 spiro atoms. The monoisotopic (exact) mass is 1050 g/mol. The van der Waals surface area contributed by atoms with E-state index in [9.17, 15) is 24.5 Å². The van der Waals surface area contributed by atoms with Crippen LogP contribution in [0, 0.1) is 21.4 Å². The maximum absolute atomic E-state index is 12.5. The largest absolute Gasteiger partial charge is 0.494 e. The highest BCUT2D eigenvalue weighted by Crippen LogP contribution is 2.46. The van der Waals surface area contributed by atoms with Crippen molar-refractivity contribution in [2.75, 3.05) is 91.5 Å². The number of non-ortho nitro benzene ring substituents is 1. The number of amides is 3. The average Bonchev–Trinajstić information content (AvgIpc) is 3.39. The first-order valence-corrected chi connectivity index (χ1v) is 26.3. The molecule has 1 unspecified atom stereocenters. The van der Waals surface area contributed by atoms with Crippen LogP contribution in [0.1, 0.15) is 92.4 Å². The zero-order valence-electron chi connectivity index (χ0n) is 44.1. The summed E-state index contributed by atoms with van der Waals surface area (Å²) >= 11 is 0. The van der Waals surface area contributed by atoms with Crippen LogP contribution in [0.25, 0.3) is 0 Å². The Kier molecular flexibility index (Phi) is 30.8. The summed E-state index contributed by atoms with van der Waals surface area (Å²) in [5.74, 6) is 0.340. The zero-order chi connectivity index (χ0) is 53.9. The Morgan fingerprint density at radius 1 is 0.662 bits per heavy atom. The predicted octanol–water partition coefficient (Wildman–Crippen LogP) is 10.1. The molecule has 3 aromatic carbocycles. The van der Waals surface area contributed by atoms with Crippen molar-refractivity contribution in [1.29, 1.82) is 5.26 Å². The van der Waals surface area contributed by atoms with Gasteiger partial charge in [0.05, 0.1) is 82.6 Å². The fourth-order valence-electron chi connectivity index (χ4n) is 7.12. The second-order valence-corrected chi connectivity index (χ2v) is 18.6. The van der Waals surface area contributed by atoms with Crippen molar-refractivity contribution in [3.05, 3.63) is 70.8 Å². The molecule has 0 fully saturated rings. The Hall–Kier alpha value is -6.21. The number of nitriles is 1. The molecule has 3 rings (SSSR count). The standard InChI is InChI=1S/C51H76N11O11P/c1-8-60(43-20-16-41(17-21-43)56-58-45-37-48(69-7)46(38-47(45)68-6)59-57-42-18-22-44(23-19-42)62(66)67)30-13-15-49(63)54-28-33-70-35-36-71-34-29-55-51(65)25-24-50(64)53-27-11-9-10-12-31-72-74(73-32-14-26-52)61(39(2)3)40(4)5/h16-23,37-40H,8-15,24-25,27-36H2,1-7H3,(H,53,64)(H,54,63)(H,55,65). The van der Waals surface area contributed by atoms with Gasteiger partial charge in [0, 0.05) is 94.0 Å². The SMILES string of the molecule is CCN(CCCC(=O)NCCOCCOCCNC(=O)CCC(=O)NCCCCCCOP(OCCC#N)N(C(C)C)C(C)C)c1ccc(N=Nc2cc(OC)c(N=Nc3ccc([N+](=O)[O-])cc3)cc2OC)cc1. The number of carbonyl (C=O) groups is 3. The average molecular weight is 1050 g/mol. The fraction of sp³-hybridized carbons (Fsp3) is 0.569. The van der Waals surface area contributed by atoms with E-state index < -0.39 is 13.4 Å². The first-order chi connectivity index (χ1) is 35.8. The maximum Gasteiger partial charge on any atom is 0.269 e. The highest BCUT2D eigenvalue weighted by Gasteiger charge is 2.27. The molecule has 3 amide bonds. The third kappa shape index (κ3) is 24.7. The minimum absolute atomic E-state index is 0.0463. The molecule has 0 heterocycles. The number of nitro groups is 1. The minimum atomic E-state index is -1.23. The van der Waals surface area contributed by atoms with Gasteiger partial charge < -0.3 is 48.8 Å². The maximum atomic E-state index is 12.5. The van der Waals surface area contributed by atoms with Crippen molar-refractivity contribution >= 4 is 60.4 Å². The van der Waals surface area contributed by atoms with E-state index in [1.54, 1.807) is 12.1 Å². The van der Waals surface area contributed by atoms with Gasteiger partial charge in [-0.1, -0.05) is 12.8 Å². The summed E-state index contributed by atoms with van der Waals surface area (Å²) in [6, 6.07) is 19.2. The number of azo groups is 2. The van der Waals surface area contributed by atoms with Crippen molar-refractivity contribution in [2.24, 2.45) is 20.5 Å². The number of carbonyl (C=O) groups excluding carboxylic acids is 3. The van der Waals surface area contributed by atoms with Gasteiger partial charge >= 0.3 is 0 Å². The normalized spacial score (nSPS) is 11.9. The minimum Gasteiger partial charge on any atom is -0.494 e. The quantitative estimate of drug-likeness (QED) is 0.0158. The number of methoxy groups -OCH3 is 2. The van der Waals surface area contributed by atoms with Crippen molar-refractivity contribution in [3.8, 4) is 17.6 Å². The van der Waals surface area contributed by atoms with Crippen LogP contribution in [0.5, 0.6) is 11.5 Å².